The van der Waals surface area contributed by atoms with Crippen LogP contribution >= 0.6 is 0 Å². The second kappa shape index (κ2) is 6.34. The summed E-state index contributed by atoms with van der Waals surface area (Å²) in [6.07, 6.45) is 0.863. The van der Waals surface area contributed by atoms with Crippen LogP contribution in [0.5, 0.6) is 0 Å². The zero-order valence-electron chi connectivity index (χ0n) is 11.5. The van der Waals surface area contributed by atoms with Crippen molar-refractivity contribution in [3.8, 4) is 0 Å². The molecule has 2 rings (SSSR count). The highest BCUT2D eigenvalue weighted by Gasteiger charge is 2.26. The van der Waals surface area contributed by atoms with Crippen molar-refractivity contribution in [1.82, 2.24) is 5.32 Å². The molecule has 1 fully saturated rings. The lowest BCUT2D eigenvalue weighted by Crippen LogP contribution is -2.47. The third-order valence-corrected chi connectivity index (χ3v) is 3.08. The van der Waals surface area contributed by atoms with Crippen LogP contribution in [0.2, 0.25) is 0 Å². The highest BCUT2D eigenvalue weighted by atomic mass is 19.1. The first-order valence-electron chi connectivity index (χ1n) is 6.68. The SMILES string of the molecule is CCC(=O)Nc1cc(F)cc(NC2CCC(=O)NC2=O)c1. The van der Waals surface area contributed by atoms with E-state index in [-0.39, 0.29) is 24.7 Å². The fraction of sp³-hybridized carbons (Fsp3) is 0.357. The van der Waals surface area contributed by atoms with E-state index in [9.17, 15) is 18.8 Å². The van der Waals surface area contributed by atoms with Gasteiger partial charge in [-0.1, -0.05) is 6.92 Å². The van der Waals surface area contributed by atoms with Gasteiger partial charge in [0.25, 0.3) is 0 Å². The Morgan fingerprint density at radius 2 is 2.05 bits per heavy atom. The van der Waals surface area contributed by atoms with E-state index in [0.717, 1.165) is 0 Å². The third-order valence-electron chi connectivity index (χ3n) is 3.08. The van der Waals surface area contributed by atoms with Gasteiger partial charge >= 0.3 is 0 Å². The number of carbonyl (C=O) groups is 3. The monoisotopic (exact) mass is 293 g/mol. The van der Waals surface area contributed by atoms with Crippen molar-refractivity contribution in [1.29, 1.82) is 0 Å². The van der Waals surface area contributed by atoms with E-state index in [4.69, 9.17) is 0 Å². The second-order valence-corrected chi connectivity index (χ2v) is 4.78. The topological polar surface area (TPSA) is 87.3 Å². The predicted molar refractivity (Wildman–Crippen MR) is 75.1 cm³/mol. The molecule has 0 aliphatic carbocycles. The van der Waals surface area contributed by atoms with Crippen molar-refractivity contribution in [2.45, 2.75) is 32.2 Å². The number of anilines is 2. The second-order valence-electron chi connectivity index (χ2n) is 4.78. The van der Waals surface area contributed by atoms with Crippen LogP contribution in [-0.2, 0) is 14.4 Å². The van der Waals surface area contributed by atoms with E-state index in [2.05, 4.69) is 16.0 Å². The van der Waals surface area contributed by atoms with Gasteiger partial charge in [0.2, 0.25) is 17.7 Å². The van der Waals surface area contributed by atoms with Gasteiger partial charge in [-0.3, -0.25) is 19.7 Å². The first-order chi connectivity index (χ1) is 9.97. The molecular formula is C14H16FN3O3. The summed E-state index contributed by atoms with van der Waals surface area (Å²) >= 11 is 0. The summed E-state index contributed by atoms with van der Waals surface area (Å²) in [4.78, 5) is 34.0. The molecule has 1 atom stereocenters. The van der Waals surface area contributed by atoms with Crippen molar-refractivity contribution in [3.05, 3.63) is 24.0 Å². The molecule has 7 heteroatoms. The first kappa shape index (κ1) is 15.0. The average molecular weight is 293 g/mol. The van der Waals surface area contributed by atoms with Crippen LogP contribution in [0.3, 0.4) is 0 Å². The van der Waals surface area contributed by atoms with Gasteiger partial charge in [0.1, 0.15) is 11.9 Å². The largest absolute Gasteiger partial charge is 0.374 e. The molecule has 3 amide bonds. The van der Waals surface area contributed by atoms with Crippen molar-refractivity contribution in [2.75, 3.05) is 10.6 Å². The molecule has 1 saturated heterocycles. The summed E-state index contributed by atoms with van der Waals surface area (Å²) in [5.74, 6) is -1.51. The molecule has 1 aromatic carbocycles. The van der Waals surface area contributed by atoms with E-state index >= 15 is 0 Å². The van der Waals surface area contributed by atoms with E-state index in [0.29, 0.717) is 17.8 Å². The molecule has 1 heterocycles. The Kier molecular flexibility index (Phi) is 4.52. The number of amides is 3. The summed E-state index contributed by atoms with van der Waals surface area (Å²) in [7, 11) is 0. The molecule has 1 aromatic rings. The quantitative estimate of drug-likeness (QED) is 0.732. The van der Waals surface area contributed by atoms with Crippen LogP contribution in [0, 0.1) is 5.82 Å². The van der Waals surface area contributed by atoms with Crippen molar-refractivity contribution < 1.29 is 18.8 Å². The molecule has 0 bridgehead atoms. The molecule has 1 unspecified atom stereocenters. The minimum Gasteiger partial charge on any atom is -0.374 e. The van der Waals surface area contributed by atoms with Gasteiger partial charge in [0.15, 0.2) is 0 Å². The van der Waals surface area contributed by atoms with Crippen LogP contribution in [-0.4, -0.2) is 23.8 Å². The fourth-order valence-electron chi connectivity index (χ4n) is 2.03. The zero-order valence-corrected chi connectivity index (χ0v) is 11.5. The van der Waals surface area contributed by atoms with Crippen LogP contribution in [0.15, 0.2) is 18.2 Å². The normalized spacial score (nSPS) is 18.1. The lowest BCUT2D eigenvalue weighted by atomic mass is 10.1. The van der Waals surface area contributed by atoms with E-state index < -0.39 is 17.8 Å². The number of halogens is 1. The maximum Gasteiger partial charge on any atom is 0.249 e. The average Bonchev–Trinajstić information content (AvgIpc) is 2.41. The zero-order chi connectivity index (χ0) is 15.4. The Morgan fingerprint density at radius 1 is 1.33 bits per heavy atom. The maximum absolute atomic E-state index is 13.5. The van der Waals surface area contributed by atoms with E-state index in [1.54, 1.807) is 13.0 Å². The van der Waals surface area contributed by atoms with Crippen molar-refractivity contribution in [3.63, 3.8) is 0 Å². The van der Waals surface area contributed by atoms with Gasteiger partial charge in [0.05, 0.1) is 0 Å². The molecule has 0 spiro atoms. The summed E-state index contributed by atoms with van der Waals surface area (Å²) in [5.41, 5.74) is 0.688. The van der Waals surface area contributed by atoms with E-state index in [1.165, 1.54) is 12.1 Å². The number of rotatable bonds is 4. The minimum atomic E-state index is -0.598. The number of hydrogen-bond donors (Lipinski definition) is 3. The van der Waals surface area contributed by atoms with Crippen LogP contribution in [0.4, 0.5) is 15.8 Å². The Morgan fingerprint density at radius 3 is 2.71 bits per heavy atom. The summed E-state index contributed by atoms with van der Waals surface area (Å²) in [6, 6.07) is 3.37. The number of nitrogens with one attached hydrogen (secondary N) is 3. The lowest BCUT2D eigenvalue weighted by Gasteiger charge is -2.23. The molecule has 21 heavy (non-hydrogen) atoms. The number of carbonyl (C=O) groups excluding carboxylic acids is 3. The predicted octanol–water partition coefficient (Wildman–Crippen LogP) is 1.39. The Bertz CT molecular complexity index is 589. The van der Waals surface area contributed by atoms with E-state index in [1.807, 2.05) is 0 Å². The summed E-state index contributed by atoms with van der Waals surface area (Å²) < 4.78 is 13.5. The Hall–Kier alpha value is -2.44. The van der Waals surface area contributed by atoms with Gasteiger partial charge in [-0.2, -0.15) is 0 Å². The highest BCUT2D eigenvalue weighted by molar-refractivity contribution is 6.01. The van der Waals surface area contributed by atoms with Gasteiger partial charge in [-0.25, -0.2) is 4.39 Å². The first-order valence-corrected chi connectivity index (χ1v) is 6.68. The molecule has 112 valence electrons. The van der Waals surface area contributed by atoms with Crippen LogP contribution < -0.4 is 16.0 Å². The fourth-order valence-corrected chi connectivity index (χ4v) is 2.03. The molecule has 1 aliphatic heterocycles. The number of benzene rings is 1. The highest BCUT2D eigenvalue weighted by Crippen LogP contribution is 2.20. The Labute approximate surface area is 121 Å². The van der Waals surface area contributed by atoms with Crippen molar-refractivity contribution >= 4 is 29.1 Å². The standard InChI is InChI=1S/C14H16FN3O3/c1-2-12(19)17-10-6-8(15)5-9(7-10)16-11-3-4-13(20)18-14(11)21/h5-7,11,16H,2-4H2,1H3,(H,17,19)(H,18,20,21). The van der Waals surface area contributed by atoms with Gasteiger partial charge in [-0.05, 0) is 24.6 Å². The summed E-state index contributed by atoms with van der Waals surface area (Å²) in [6.45, 7) is 1.69. The van der Waals surface area contributed by atoms with Crippen LogP contribution in [0.25, 0.3) is 0 Å². The van der Waals surface area contributed by atoms with Crippen molar-refractivity contribution in [2.24, 2.45) is 0 Å². The minimum absolute atomic E-state index is 0.229. The number of imide groups is 1. The molecule has 0 radical (unpaired) electrons. The molecule has 0 saturated carbocycles. The maximum atomic E-state index is 13.5. The molecular weight excluding hydrogens is 277 g/mol. The number of hydrogen-bond acceptors (Lipinski definition) is 4. The Balaban J connectivity index is 2.11. The number of piperidine rings is 1. The smallest absolute Gasteiger partial charge is 0.249 e. The van der Waals surface area contributed by atoms with Gasteiger partial charge < -0.3 is 10.6 Å². The third kappa shape index (κ3) is 4.01. The molecule has 1 aliphatic rings. The lowest BCUT2D eigenvalue weighted by molar-refractivity contribution is -0.133. The van der Waals surface area contributed by atoms with Crippen LogP contribution in [0.1, 0.15) is 26.2 Å². The van der Waals surface area contributed by atoms with Gasteiger partial charge in [0, 0.05) is 24.2 Å². The molecule has 3 N–H and O–H groups in total. The molecule has 6 nitrogen and oxygen atoms in total. The summed E-state index contributed by atoms with van der Waals surface area (Å²) in [5, 5.41) is 7.64. The molecule has 0 aromatic heterocycles. The van der Waals surface area contributed by atoms with Gasteiger partial charge in [-0.15, -0.1) is 0 Å².